The number of hydrogen-bond donors (Lipinski definition) is 4. The summed E-state index contributed by atoms with van der Waals surface area (Å²) in [6.07, 6.45) is -7.13. The average Bonchev–Trinajstić information content (AvgIpc) is 3.72. The number of alkyl halides is 1. The molecular formula is C22H24FN7O9P2S2. The summed E-state index contributed by atoms with van der Waals surface area (Å²) in [5.41, 5.74) is 7.55. The molecule has 0 saturated carbocycles. The fraction of sp³-hybridized carbons (Fsp3) is 0.455. The molecule has 6 heterocycles. The van der Waals surface area contributed by atoms with E-state index < -0.39 is 75.9 Å². The van der Waals surface area contributed by atoms with E-state index in [0.29, 0.717) is 11.0 Å². The molecule has 3 aliphatic heterocycles. The van der Waals surface area contributed by atoms with Gasteiger partial charge in [0.05, 0.1) is 36.9 Å². The summed E-state index contributed by atoms with van der Waals surface area (Å²) in [5, 5.41) is 11.2. The fourth-order valence-electron chi connectivity index (χ4n) is 5.33. The zero-order chi connectivity index (χ0) is 30.1. The number of imidazole rings is 2. The van der Waals surface area contributed by atoms with E-state index in [1.807, 2.05) is 6.07 Å². The molecule has 0 aliphatic carbocycles. The van der Waals surface area contributed by atoms with Gasteiger partial charge >= 0.3 is 13.5 Å². The van der Waals surface area contributed by atoms with Gasteiger partial charge in [0.15, 0.2) is 30.1 Å². The maximum absolute atomic E-state index is 16.0. The smallest absolute Gasteiger partial charge is 0.386 e. The number of benzene rings is 1. The number of aromatic nitrogens is 6. The summed E-state index contributed by atoms with van der Waals surface area (Å²) >= 11 is 9.28. The van der Waals surface area contributed by atoms with Gasteiger partial charge in [-0.05, 0) is 23.9 Å². The van der Waals surface area contributed by atoms with Crippen molar-refractivity contribution in [3.63, 3.8) is 0 Å². The number of nitrogens with zero attached hydrogens (tertiary/aromatic N) is 6. The lowest BCUT2D eigenvalue weighted by atomic mass is 10.1. The Labute approximate surface area is 252 Å². The molecule has 0 spiro atoms. The van der Waals surface area contributed by atoms with Gasteiger partial charge in [0, 0.05) is 0 Å². The van der Waals surface area contributed by atoms with E-state index in [1.165, 1.54) is 23.5 Å². The second-order valence-corrected chi connectivity index (χ2v) is 15.6. The Morgan fingerprint density at radius 1 is 1.00 bits per heavy atom. The predicted molar refractivity (Wildman–Crippen MR) is 153 cm³/mol. The Bertz CT molecular complexity index is 1780. The Hall–Kier alpha value is -2.12. The predicted octanol–water partition coefficient (Wildman–Crippen LogP) is 2.02. The van der Waals surface area contributed by atoms with E-state index in [2.05, 4.69) is 32.2 Å². The number of nitrogens with two attached hydrogens (primary N) is 1. The van der Waals surface area contributed by atoms with Gasteiger partial charge in [0.2, 0.25) is 0 Å². The number of para-hydroxylation sites is 2. The lowest BCUT2D eigenvalue weighted by molar-refractivity contribution is -0.0569. The van der Waals surface area contributed by atoms with Crippen molar-refractivity contribution < 1.29 is 46.5 Å². The van der Waals surface area contributed by atoms with Crippen LogP contribution in [-0.4, -0.2) is 89.0 Å². The SMILES string of the molecule is Nc1ncnc2c1ncn2C1OC2COP(O)(=S)OC3C(COP(=O)(S)OC2C1F)OC(n1cnc2ccccc21)C3O. The van der Waals surface area contributed by atoms with Gasteiger partial charge in [0.1, 0.15) is 42.4 Å². The van der Waals surface area contributed by atoms with Crippen molar-refractivity contribution in [3.8, 4) is 0 Å². The third-order valence-electron chi connectivity index (χ3n) is 7.31. The molecule has 16 nitrogen and oxygen atoms in total. The molecule has 10 unspecified atom stereocenters. The first-order chi connectivity index (χ1) is 20.5. The Kier molecular flexibility index (Phi) is 7.60. The highest BCUT2D eigenvalue weighted by Crippen LogP contribution is 2.58. The third kappa shape index (κ3) is 5.41. The number of anilines is 1. The number of aliphatic hydroxyl groups excluding tert-OH is 1. The molecule has 0 bridgehead atoms. The molecule has 0 amide bonds. The van der Waals surface area contributed by atoms with Gasteiger partial charge < -0.3 is 34.3 Å². The first kappa shape index (κ1) is 29.6. The number of rotatable bonds is 2. The molecule has 0 radical (unpaired) electrons. The van der Waals surface area contributed by atoms with Crippen LogP contribution in [0.4, 0.5) is 10.2 Å². The molecule has 43 heavy (non-hydrogen) atoms. The number of nitrogen functional groups attached to an aromatic ring is 1. The normalized spacial score (nSPS) is 38.9. The van der Waals surface area contributed by atoms with Crippen molar-refractivity contribution in [2.75, 3.05) is 18.9 Å². The number of hydrogen-bond acceptors (Lipinski definition) is 14. The fourth-order valence-corrected chi connectivity index (χ4v) is 8.26. The van der Waals surface area contributed by atoms with Gasteiger partial charge in [0.25, 0.3) is 0 Å². The van der Waals surface area contributed by atoms with Crippen molar-refractivity contribution in [2.45, 2.75) is 49.1 Å². The van der Waals surface area contributed by atoms with Crippen LogP contribution in [0, 0.1) is 0 Å². The Balaban J connectivity index is 1.16. The van der Waals surface area contributed by atoms with Crippen LogP contribution in [-0.2, 0) is 43.9 Å². The molecule has 3 aliphatic rings. The standard InChI is InChI=1S/C22H24FN7O9P2S2/c23-14-17-12(36-21(14)30-9-28-15-19(24)25-7-26-20(15)30)5-34-41(33,43)39-18-13(6-35-40(32,42)38-17)37-22(16(18)31)29-8-27-10-3-1-2-4-11(10)29/h1-4,7-9,12-14,16-18,21-22,31H,5-6H2,(H,32,42)(H,33,43)(H2,24,25,26). The van der Waals surface area contributed by atoms with Crippen LogP contribution in [0.15, 0.2) is 43.2 Å². The molecule has 3 aromatic heterocycles. The van der Waals surface area contributed by atoms with Gasteiger partial charge in [-0.1, -0.05) is 24.4 Å². The minimum atomic E-state index is -4.29. The van der Waals surface area contributed by atoms with Crippen LogP contribution in [0.5, 0.6) is 0 Å². The second kappa shape index (κ2) is 11.0. The first-order valence-corrected chi connectivity index (χ1v) is 18.1. The maximum atomic E-state index is 16.0. The summed E-state index contributed by atoms with van der Waals surface area (Å²) in [7, 11) is 0. The zero-order valence-corrected chi connectivity index (χ0v) is 25.2. The quantitative estimate of drug-likeness (QED) is 0.178. The van der Waals surface area contributed by atoms with Gasteiger partial charge in [-0.3, -0.25) is 18.1 Å². The van der Waals surface area contributed by atoms with Crippen LogP contribution < -0.4 is 5.73 Å². The lowest BCUT2D eigenvalue weighted by Crippen LogP contribution is -2.38. The van der Waals surface area contributed by atoms with E-state index in [0.717, 1.165) is 0 Å². The van der Waals surface area contributed by atoms with Crippen LogP contribution in [0.1, 0.15) is 12.5 Å². The highest BCUT2D eigenvalue weighted by atomic mass is 32.7. The van der Waals surface area contributed by atoms with Crippen molar-refractivity contribution in [1.29, 1.82) is 0 Å². The number of aliphatic hydroxyl groups is 1. The van der Waals surface area contributed by atoms with Crippen molar-refractivity contribution >= 4 is 65.6 Å². The topological polar surface area (TPSA) is 200 Å². The van der Waals surface area contributed by atoms with Crippen LogP contribution in [0.2, 0.25) is 0 Å². The minimum absolute atomic E-state index is 0.0769. The van der Waals surface area contributed by atoms with Crippen molar-refractivity contribution in [3.05, 3.63) is 43.2 Å². The lowest BCUT2D eigenvalue weighted by Gasteiger charge is -2.29. The van der Waals surface area contributed by atoms with E-state index in [-0.39, 0.29) is 17.0 Å². The molecular weight excluding hydrogens is 651 g/mol. The summed E-state index contributed by atoms with van der Waals surface area (Å²) in [6, 6.07) is 7.17. The summed E-state index contributed by atoms with van der Waals surface area (Å²) in [5.74, 6) is 0.0769. The molecule has 230 valence electrons. The molecule has 10 atom stereocenters. The minimum Gasteiger partial charge on any atom is -0.386 e. The van der Waals surface area contributed by atoms with E-state index >= 15 is 4.39 Å². The molecule has 3 saturated heterocycles. The molecule has 4 aromatic rings. The van der Waals surface area contributed by atoms with E-state index in [1.54, 1.807) is 22.8 Å². The van der Waals surface area contributed by atoms with Gasteiger partial charge in [-0.2, -0.15) is 0 Å². The van der Waals surface area contributed by atoms with Crippen molar-refractivity contribution in [1.82, 2.24) is 29.1 Å². The average molecular weight is 676 g/mol. The van der Waals surface area contributed by atoms with E-state index in [4.69, 9.17) is 45.1 Å². The number of ether oxygens (including phenoxy) is 2. The van der Waals surface area contributed by atoms with Gasteiger partial charge in [-0.15, -0.1) is 0 Å². The highest BCUT2D eigenvalue weighted by Gasteiger charge is 2.53. The highest BCUT2D eigenvalue weighted by molar-refractivity contribution is 8.44. The summed E-state index contributed by atoms with van der Waals surface area (Å²) < 4.78 is 66.4. The van der Waals surface area contributed by atoms with Crippen LogP contribution >= 0.6 is 25.8 Å². The van der Waals surface area contributed by atoms with Crippen molar-refractivity contribution in [2.24, 2.45) is 0 Å². The third-order valence-corrected chi connectivity index (χ3v) is 10.5. The van der Waals surface area contributed by atoms with Crippen LogP contribution in [0.25, 0.3) is 22.2 Å². The second-order valence-electron chi connectivity index (χ2n) is 9.96. The largest absolute Gasteiger partial charge is 0.386 e. The van der Waals surface area contributed by atoms with Gasteiger partial charge in [-0.25, -0.2) is 28.9 Å². The number of thiol groups is 1. The maximum Gasteiger partial charge on any atom is 0.386 e. The monoisotopic (exact) mass is 675 g/mol. The van der Waals surface area contributed by atoms with Crippen LogP contribution in [0.3, 0.4) is 0 Å². The Morgan fingerprint density at radius 3 is 2.56 bits per heavy atom. The Morgan fingerprint density at radius 2 is 1.72 bits per heavy atom. The molecule has 21 heteroatoms. The molecule has 1 aromatic carbocycles. The molecule has 7 rings (SSSR count). The zero-order valence-electron chi connectivity index (χ0n) is 21.7. The molecule has 3 fully saturated rings. The number of halogens is 1. The number of fused-ring (bicyclic) bond motifs is 4. The summed E-state index contributed by atoms with van der Waals surface area (Å²) in [4.78, 5) is 27.4. The first-order valence-electron chi connectivity index (χ1n) is 12.8. The molecule has 4 N–H and O–H groups in total. The summed E-state index contributed by atoms with van der Waals surface area (Å²) in [6.45, 7) is -9.45. The van der Waals surface area contributed by atoms with E-state index in [9.17, 15) is 14.6 Å².